The van der Waals surface area contributed by atoms with E-state index >= 15 is 0 Å². The minimum atomic E-state index is -3.11. The first-order valence-corrected chi connectivity index (χ1v) is 8.12. The van der Waals surface area contributed by atoms with Gasteiger partial charge in [-0.3, -0.25) is 0 Å². The van der Waals surface area contributed by atoms with E-state index in [4.69, 9.17) is 0 Å². The minimum Gasteiger partial charge on any atom is -0.305 e. The molecule has 0 amide bonds. The fourth-order valence-electron chi connectivity index (χ4n) is 1.78. The summed E-state index contributed by atoms with van der Waals surface area (Å²) < 4.78 is 22.7. The standard InChI is InChI=1S/C14H23NO2S/c1-6-14(3,4)15-11(2)12-7-9-13(10-8-12)18(5,16)17/h7-11,15H,6H2,1-5H3. The van der Waals surface area contributed by atoms with Crippen LogP contribution in [0.25, 0.3) is 0 Å². The molecule has 0 fully saturated rings. The third-order valence-electron chi connectivity index (χ3n) is 3.30. The molecule has 1 atom stereocenters. The topological polar surface area (TPSA) is 46.2 Å². The molecule has 0 spiro atoms. The summed E-state index contributed by atoms with van der Waals surface area (Å²) in [5.41, 5.74) is 1.18. The summed E-state index contributed by atoms with van der Waals surface area (Å²) >= 11 is 0. The lowest BCUT2D eigenvalue weighted by Gasteiger charge is -2.29. The summed E-state index contributed by atoms with van der Waals surface area (Å²) in [5.74, 6) is 0. The first kappa shape index (κ1) is 15.2. The van der Waals surface area contributed by atoms with Crippen molar-refractivity contribution in [3.63, 3.8) is 0 Å². The third kappa shape index (κ3) is 4.10. The van der Waals surface area contributed by atoms with Gasteiger partial charge in [0.05, 0.1) is 4.90 Å². The van der Waals surface area contributed by atoms with Crippen molar-refractivity contribution in [1.82, 2.24) is 5.32 Å². The summed E-state index contributed by atoms with van der Waals surface area (Å²) in [6.07, 6.45) is 2.27. The predicted molar refractivity (Wildman–Crippen MR) is 75.5 cm³/mol. The normalized spacial score (nSPS) is 14.5. The Labute approximate surface area is 111 Å². The number of nitrogens with one attached hydrogen (secondary N) is 1. The van der Waals surface area contributed by atoms with Crippen molar-refractivity contribution < 1.29 is 8.42 Å². The maximum atomic E-state index is 11.4. The second kappa shape index (κ2) is 5.41. The second-order valence-electron chi connectivity index (χ2n) is 5.44. The van der Waals surface area contributed by atoms with Crippen molar-refractivity contribution in [2.24, 2.45) is 0 Å². The lowest BCUT2D eigenvalue weighted by molar-refractivity contribution is 0.337. The highest BCUT2D eigenvalue weighted by molar-refractivity contribution is 7.90. The molecule has 0 aliphatic rings. The summed E-state index contributed by atoms with van der Waals surface area (Å²) in [5, 5.41) is 3.53. The van der Waals surface area contributed by atoms with Crippen LogP contribution in [0.5, 0.6) is 0 Å². The van der Waals surface area contributed by atoms with E-state index in [0.717, 1.165) is 12.0 Å². The van der Waals surface area contributed by atoms with Gasteiger partial charge in [-0.05, 0) is 44.9 Å². The SMILES string of the molecule is CCC(C)(C)NC(C)c1ccc(S(C)(=O)=O)cc1. The van der Waals surface area contributed by atoms with Gasteiger partial charge in [0, 0.05) is 17.8 Å². The molecular formula is C14H23NO2S. The van der Waals surface area contributed by atoms with E-state index in [9.17, 15) is 8.42 Å². The molecule has 0 aliphatic heterocycles. The quantitative estimate of drug-likeness (QED) is 0.894. The van der Waals surface area contributed by atoms with Gasteiger partial charge in [0.15, 0.2) is 9.84 Å². The highest BCUT2D eigenvalue weighted by Gasteiger charge is 2.18. The molecule has 4 heteroatoms. The van der Waals surface area contributed by atoms with Crippen LogP contribution in [0.4, 0.5) is 0 Å². The Morgan fingerprint density at radius 2 is 1.72 bits per heavy atom. The van der Waals surface area contributed by atoms with Gasteiger partial charge in [0.25, 0.3) is 0 Å². The molecule has 1 aromatic rings. The van der Waals surface area contributed by atoms with E-state index in [1.165, 1.54) is 6.26 Å². The maximum absolute atomic E-state index is 11.4. The zero-order valence-electron chi connectivity index (χ0n) is 11.8. The van der Waals surface area contributed by atoms with Crippen LogP contribution in [0, 0.1) is 0 Å². The molecular weight excluding hydrogens is 246 g/mol. The van der Waals surface area contributed by atoms with Crippen molar-refractivity contribution in [2.45, 2.75) is 50.6 Å². The minimum absolute atomic E-state index is 0.0783. The number of sulfone groups is 1. The van der Waals surface area contributed by atoms with Crippen LogP contribution < -0.4 is 5.32 Å². The molecule has 0 saturated carbocycles. The van der Waals surface area contributed by atoms with Crippen LogP contribution in [-0.2, 0) is 9.84 Å². The van der Waals surface area contributed by atoms with Crippen molar-refractivity contribution in [2.75, 3.05) is 6.26 Å². The lowest BCUT2D eigenvalue weighted by atomic mass is 9.98. The summed E-state index contributed by atoms with van der Waals surface area (Å²) in [6, 6.07) is 7.29. The van der Waals surface area contributed by atoms with Crippen LogP contribution in [0.3, 0.4) is 0 Å². The van der Waals surface area contributed by atoms with Gasteiger partial charge < -0.3 is 5.32 Å². The zero-order valence-corrected chi connectivity index (χ0v) is 12.6. The Bertz CT molecular complexity index is 489. The van der Waals surface area contributed by atoms with E-state index in [1.807, 2.05) is 12.1 Å². The monoisotopic (exact) mass is 269 g/mol. The average molecular weight is 269 g/mol. The number of hydrogen-bond acceptors (Lipinski definition) is 3. The van der Waals surface area contributed by atoms with Crippen molar-refractivity contribution in [3.05, 3.63) is 29.8 Å². The predicted octanol–water partition coefficient (Wildman–Crippen LogP) is 2.93. The molecule has 0 aromatic heterocycles. The summed E-state index contributed by atoms with van der Waals surface area (Å²) in [6.45, 7) is 8.56. The number of rotatable bonds is 5. The number of hydrogen-bond donors (Lipinski definition) is 1. The molecule has 0 bridgehead atoms. The largest absolute Gasteiger partial charge is 0.305 e. The number of benzene rings is 1. The molecule has 1 aromatic carbocycles. The Kier molecular flexibility index (Phi) is 4.56. The highest BCUT2D eigenvalue weighted by atomic mass is 32.2. The molecule has 102 valence electrons. The zero-order chi connectivity index (χ0) is 14.0. The first-order valence-electron chi connectivity index (χ1n) is 6.23. The molecule has 1 N–H and O–H groups in total. The molecule has 0 heterocycles. The molecule has 18 heavy (non-hydrogen) atoms. The van der Waals surface area contributed by atoms with E-state index in [0.29, 0.717) is 4.90 Å². The lowest BCUT2D eigenvalue weighted by Crippen LogP contribution is -2.40. The molecule has 0 saturated heterocycles. The fraction of sp³-hybridized carbons (Fsp3) is 0.571. The van der Waals surface area contributed by atoms with E-state index in [1.54, 1.807) is 12.1 Å². The van der Waals surface area contributed by atoms with E-state index in [2.05, 4.69) is 33.0 Å². The Morgan fingerprint density at radius 1 is 1.22 bits per heavy atom. The van der Waals surface area contributed by atoms with Gasteiger partial charge in [0.2, 0.25) is 0 Å². The smallest absolute Gasteiger partial charge is 0.175 e. The highest BCUT2D eigenvalue weighted by Crippen LogP contribution is 2.20. The average Bonchev–Trinajstić information content (AvgIpc) is 2.27. The van der Waals surface area contributed by atoms with Crippen molar-refractivity contribution >= 4 is 9.84 Å². The first-order chi connectivity index (χ1) is 8.15. The molecule has 1 rings (SSSR count). The maximum Gasteiger partial charge on any atom is 0.175 e. The Hall–Kier alpha value is -0.870. The van der Waals surface area contributed by atoms with Crippen LogP contribution in [-0.4, -0.2) is 20.2 Å². The van der Waals surface area contributed by atoms with E-state index in [-0.39, 0.29) is 11.6 Å². The van der Waals surface area contributed by atoms with Gasteiger partial charge in [-0.1, -0.05) is 19.1 Å². The van der Waals surface area contributed by atoms with E-state index < -0.39 is 9.84 Å². The van der Waals surface area contributed by atoms with Crippen LogP contribution in [0.15, 0.2) is 29.2 Å². The van der Waals surface area contributed by atoms with Gasteiger partial charge in [-0.15, -0.1) is 0 Å². The third-order valence-corrected chi connectivity index (χ3v) is 4.43. The second-order valence-corrected chi connectivity index (χ2v) is 7.46. The molecule has 0 radical (unpaired) electrons. The summed E-state index contributed by atoms with van der Waals surface area (Å²) in [4.78, 5) is 0.369. The summed E-state index contributed by atoms with van der Waals surface area (Å²) in [7, 11) is -3.11. The fourth-order valence-corrected chi connectivity index (χ4v) is 2.41. The molecule has 3 nitrogen and oxygen atoms in total. The Morgan fingerprint density at radius 3 is 2.11 bits per heavy atom. The molecule has 1 unspecified atom stereocenters. The van der Waals surface area contributed by atoms with Crippen LogP contribution >= 0.6 is 0 Å². The van der Waals surface area contributed by atoms with Crippen LogP contribution in [0.1, 0.15) is 45.7 Å². The van der Waals surface area contributed by atoms with Gasteiger partial charge in [0.1, 0.15) is 0 Å². The van der Waals surface area contributed by atoms with Gasteiger partial charge >= 0.3 is 0 Å². The molecule has 0 aliphatic carbocycles. The van der Waals surface area contributed by atoms with Gasteiger partial charge in [-0.2, -0.15) is 0 Å². The van der Waals surface area contributed by atoms with Crippen molar-refractivity contribution in [3.8, 4) is 0 Å². The Balaban J connectivity index is 2.86. The van der Waals surface area contributed by atoms with Crippen molar-refractivity contribution in [1.29, 1.82) is 0 Å². The van der Waals surface area contributed by atoms with Gasteiger partial charge in [-0.25, -0.2) is 8.42 Å². The van der Waals surface area contributed by atoms with Crippen LogP contribution in [0.2, 0.25) is 0 Å².